The highest BCUT2D eigenvalue weighted by atomic mass is 35.5. The Morgan fingerprint density at radius 3 is 3.09 bits per heavy atom. The molecule has 0 amide bonds. The number of fused-ring (bicyclic) bond motifs is 1. The first-order valence-electron chi connectivity index (χ1n) is 6.73. The van der Waals surface area contributed by atoms with Crippen molar-refractivity contribution in [1.29, 1.82) is 0 Å². The molecular formula is C15H17ClN4OS. The number of hydrazone groups is 1. The van der Waals surface area contributed by atoms with Crippen molar-refractivity contribution in [3.63, 3.8) is 0 Å². The summed E-state index contributed by atoms with van der Waals surface area (Å²) in [6.45, 7) is 3.20. The standard InChI is InChI=1S/C15H17ClN4OS/c1-10-4-3-5-11-8-12(14(16)19-13(10)11)9-18-20-15(22)17-6-7-21-2/h3-5,8-9H,6-7H2,1-2H3,(H2,17,20,22)/b18-9-. The van der Waals surface area contributed by atoms with E-state index < -0.39 is 0 Å². The number of benzene rings is 1. The number of halogens is 1. The number of aryl methyl sites for hydroxylation is 1. The van der Waals surface area contributed by atoms with Crippen LogP contribution in [0.5, 0.6) is 0 Å². The lowest BCUT2D eigenvalue weighted by Crippen LogP contribution is -2.34. The van der Waals surface area contributed by atoms with Gasteiger partial charge in [0.1, 0.15) is 5.15 Å². The van der Waals surface area contributed by atoms with Crippen molar-refractivity contribution < 1.29 is 4.74 Å². The van der Waals surface area contributed by atoms with Crippen molar-refractivity contribution in [3.8, 4) is 0 Å². The van der Waals surface area contributed by atoms with Crippen LogP contribution in [0.3, 0.4) is 0 Å². The van der Waals surface area contributed by atoms with E-state index in [-0.39, 0.29) is 0 Å². The fourth-order valence-corrected chi connectivity index (χ4v) is 2.24. The molecule has 5 nitrogen and oxygen atoms in total. The highest BCUT2D eigenvalue weighted by Gasteiger charge is 2.05. The number of ether oxygens (including phenoxy) is 1. The number of hydrogen-bond donors (Lipinski definition) is 2. The maximum absolute atomic E-state index is 6.20. The molecule has 2 N–H and O–H groups in total. The maximum atomic E-state index is 6.20. The summed E-state index contributed by atoms with van der Waals surface area (Å²) in [5.41, 5.74) is 5.44. The van der Waals surface area contributed by atoms with Crippen LogP contribution in [0.15, 0.2) is 29.4 Å². The van der Waals surface area contributed by atoms with Crippen molar-refractivity contribution >= 4 is 46.0 Å². The molecule has 116 valence electrons. The molecule has 1 aromatic heterocycles. The number of pyridine rings is 1. The van der Waals surface area contributed by atoms with Crippen LogP contribution in [-0.4, -0.2) is 36.6 Å². The molecule has 2 rings (SSSR count). The molecule has 0 fully saturated rings. The average Bonchev–Trinajstić information content (AvgIpc) is 2.49. The van der Waals surface area contributed by atoms with Crippen molar-refractivity contribution in [2.24, 2.45) is 5.10 Å². The van der Waals surface area contributed by atoms with Gasteiger partial charge in [-0.3, -0.25) is 5.43 Å². The Morgan fingerprint density at radius 2 is 2.32 bits per heavy atom. The number of rotatable bonds is 5. The molecule has 7 heteroatoms. The molecule has 0 atom stereocenters. The third kappa shape index (κ3) is 4.37. The summed E-state index contributed by atoms with van der Waals surface area (Å²) in [6.07, 6.45) is 1.60. The predicted molar refractivity (Wildman–Crippen MR) is 94.7 cm³/mol. The van der Waals surface area contributed by atoms with Gasteiger partial charge in [-0.2, -0.15) is 5.10 Å². The lowest BCUT2D eigenvalue weighted by molar-refractivity contribution is 0.204. The summed E-state index contributed by atoms with van der Waals surface area (Å²) >= 11 is 11.3. The molecule has 2 aromatic rings. The Bertz CT molecular complexity index is 705. The van der Waals surface area contributed by atoms with E-state index in [1.165, 1.54) is 0 Å². The van der Waals surface area contributed by atoms with Gasteiger partial charge in [0.2, 0.25) is 0 Å². The third-order valence-electron chi connectivity index (χ3n) is 2.99. The highest BCUT2D eigenvalue weighted by molar-refractivity contribution is 7.80. The van der Waals surface area contributed by atoms with Gasteiger partial charge in [0.15, 0.2) is 5.11 Å². The quantitative estimate of drug-likeness (QED) is 0.289. The van der Waals surface area contributed by atoms with Crippen LogP contribution in [0.1, 0.15) is 11.1 Å². The van der Waals surface area contributed by atoms with E-state index in [0.29, 0.717) is 23.4 Å². The third-order valence-corrected chi connectivity index (χ3v) is 3.53. The highest BCUT2D eigenvalue weighted by Crippen LogP contribution is 2.21. The second-order valence-corrected chi connectivity index (χ2v) is 5.40. The van der Waals surface area contributed by atoms with Crippen LogP contribution in [0.25, 0.3) is 10.9 Å². The van der Waals surface area contributed by atoms with Crippen molar-refractivity contribution in [2.45, 2.75) is 6.92 Å². The average molecular weight is 337 g/mol. The summed E-state index contributed by atoms with van der Waals surface area (Å²) in [4.78, 5) is 4.41. The van der Waals surface area contributed by atoms with E-state index in [2.05, 4.69) is 20.8 Å². The van der Waals surface area contributed by atoms with Crippen LogP contribution >= 0.6 is 23.8 Å². The number of nitrogens with zero attached hydrogens (tertiary/aromatic N) is 2. The van der Waals surface area contributed by atoms with Crippen LogP contribution in [0, 0.1) is 6.92 Å². The Kier molecular flexibility index (Phi) is 6.06. The fraction of sp³-hybridized carbons (Fsp3) is 0.267. The predicted octanol–water partition coefficient (Wildman–Crippen LogP) is 2.64. The minimum atomic E-state index is 0.408. The van der Waals surface area contributed by atoms with Gasteiger partial charge in [0.25, 0.3) is 0 Å². The molecule has 0 aliphatic rings. The zero-order valence-electron chi connectivity index (χ0n) is 12.4. The Hall–Kier alpha value is -1.76. The van der Waals surface area contributed by atoms with Crippen LogP contribution in [-0.2, 0) is 4.74 Å². The second-order valence-electron chi connectivity index (χ2n) is 4.63. The Labute approximate surface area is 139 Å². The normalized spacial score (nSPS) is 11.0. The van der Waals surface area contributed by atoms with Crippen molar-refractivity contribution in [1.82, 2.24) is 15.7 Å². The molecule has 22 heavy (non-hydrogen) atoms. The lowest BCUT2D eigenvalue weighted by Gasteiger charge is -2.06. The zero-order valence-corrected chi connectivity index (χ0v) is 14.0. The molecule has 0 spiro atoms. The minimum Gasteiger partial charge on any atom is -0.383 e. The summed E-state index contributed by atoms with van der Waals surface area (Å²) in [7, 11) is 1.63. The van der Waals surface area contributed by atoms with E-state index in [4.69, 9.17) is 28.6 Å². The number of nitrogens with one attached hydrogen (secondary N) is 2. The van der Waals surface area contributed by atoms with Crippen molar-refractivity contribution in [2.75, 3.05) is 20.3 Å². The number of para-hydroxylation sites is 1. The van der Waals surface area contributed by atoms with Gasteiger partial charge in [0, 0.05) is 24.6 Å². The number of methoxy groups -OCH3 is 1. The maximum Gasteiger partial charge on any atom is 0.187 e. The fourth-order valence-electron chi connectivity index (χ4n) is 1.90. The summed E-state index contributed by atoms with van der Waals surface area (Å²) in [6, 6.07) is 7.93. The monoisotopic (exact) mass is 336 g/mol. The molecule has 0 aliphatic carbocycles. The van der Waals surface area contributed by atoms with Gasteiger partial charge in [-0.05, 0) is 30.8 Å². The first-order valence-corrected chi connectivity index (χ1v) is 7.52. The molecule has 0 saturated heterocycles. The first kappa shape index (κ1) is 16.6. The smallest absolute Gasteiger partial charge is 0.187 e. The molecule has 0 unspecified atom stereocenters. The van der Waals surface area contributed by atoms with Crippen LogP contribution < -0.4 is 10.7 Å². The molecule has 1 heterocycles. The van der Waals surface area contributed by atoms with Crippen LogP contribution in [0.2, 0.25) is 5.15 Å². The van der Waals surface area contributed by atoms with Gasteiger partial charge in [-0.1, -0.05) is 29.8 Å². The van der Waals surface area contributed by atoms with Crippen LogP contribution in [0.4, 0.5) is 0 Å². The first-order chi connectivity index (χ1) is 10.6. The van der Waals surface area contributed by atoms with Gasteiger partial charge >= 0.3 is 0 Å². The molecule has 1 aromatic carbocycles. The van der Waals surface area contributed by atoms with Gasteiger partial charge in [-0.25, -0.2) is 4.98 Å². The second kappa shape index (κ2) is 8.03. The van der Waals surface area contributed by atoms with Gasteiger partial charge < -0.3 is 10.1 Å². The number of hydrogen-bond acceptors (Lipinski definition) is 4. The molecule has 0 aliphatic heterocycles. The largest absolute Gasteiger partial charge is 0.383 e. The lowest BCUT2D eigenvalue weighted by atomic mass is 10.1. The minimum absolute atomic E-state index is 0.408. The molecule has 0 saturated carbocycles. The number of aromatic nitrogens is 1. The molecular weight excluding hydrogens is 320 g/mol. The van der Waals surface area contributed by atoms with E-state index >= 15 is 0 Å². The van der Waals surface area contributed by atoms with E-state index in [0.717, 1.165) is 22.0 Å². The van der Waals surface area contributed by atoms with E-state index in [1.807, 2.05) is 31.2 Å². The van der Waals surface area contributed by atoms with Crippen molar-refractivity contribution in [3.05, 3.63) is 40.5 Å². The summed E-state index contributed by atoms with van der Waals surface area (Å²) in [5, 5.41) is 8.87. The van der Waals surface area contributed by atoms with Gasteiger partial charge in [-0.15, -0.1) is 0 Å². The van der Waals surface area contributed by atoms with Gasteiger partial charge in [0.05, 0.1) is 18.3 Å². The molecule has 0 radical (unpaired) electrons. The van der Waals surface area contributed by atoms with E-state index in [9.17, 15) is 0 Å². The van der Waals surface area contributed by atoms with E-state index in [1.54, 1.807) is 13.3 Å². The SMILES string of the molecule is COCCNC(=S)N/N=C\c1cc2cccc(C)c2nc1Cl. The summed E-state index contributed by atoms with van der Waals surface area (Å²) in [5.74, 6) is 0. The number of thiocarbonyl (C=S) groups is 1. The summed E-state index contributed by atoms with van der Waals surface area (Å²) < 4.78 is 4.92. The molecule has 0 bridgehead atoms. The zero-order chi connectivity index (χ0) is 15.9. The topological polar surface area (TPSA) is 58.5 Å². The Balaban J connectivity index is 2.06. The Morgan fingerprint density at radius 1 is 1.50 bits per heavy atom.